The Labute approximate surface area is 102 Å². The Morgan fingerprint density at radius 3 is 2.62 bits per heavy atom. The Hall–Kier alpha value is -0.0800. The van der Waals surface area contributed by atoms with Crippen molar-refractivity contribution in [3.05, 3.63) is 0 Å². The molecule has 0 radical (unpaired) electrons. The summed E-state index contributed by atoms with van der Waals surface area (Å²) in [4.78, 5) is 2.65. The molecule has 1 saturated heterocycles. The lowest BCUT2D eigenvalue weighted by atomic mass is 10.0. The van der Waals surface area contributed by atoms with Gasteiger partial charge in [-0.3, -0.25) is 0 Å². The Morgan fingerprint density at radius 2 is 1.94 bits per heavy atom. The third-order valence-electron chi connectivity index (χ3n) is 3.67. The molecule has 1 fully saturated rings. The van der Waals surface area contributed by atoms with E-state index >= 15 is 0 Å². The highest BCUT2D eigenvalue weighted by Gasteiger charge is 2.20. The molecule has 1 N–H and O–H groups in total. The quantitative estimate of drug-likeness (QED) is 0.672. The Bertz CT molecular complexity index is 168. The van der Waals surface area contributed by atoms with Crippen LogP contribution in [0.2, 0.25) is 0 Å². The predicted octanol–water partition coefficient (Wildman–Crippen LogP) is 2.89. The highest BCUT2D eigenvalue weighted by molar-refractivity contribution is 4.80. The van der Waals surface area contributed by atoms with Gasteiger partial charge in [-0.2, -0.15) is 0 Å². The molecule has 0 aliphatic carbocycles. The van der Waals surface area contributed by atoms with Crippen LogP contribution in [0.15, 0.2) is 0 Å². The van der Waals surface area contributed by atoms with E-state index < -0.39 is 0 Å². The van der Waals surface area contributed by atoms with Gasteiger partial charge in [-0.05, 0) is 18.9 Å². The molecule has 1 rings (SSSR count). The first kappa shape index (κ1) is 14.0. The summed E-state index contributed by atoms with van der Waals surface area (Å²) in [6.45, 7) is 11.9. The van der Waals surface area contributed by atoms with E-state index in [1.54, 1.807) is 0 Å². The number of hydrogen-bond donors (Lipinski definition) is 1. The summed E-state index contributed by atoms with van der Waals surface area (Å²) >= 11 is 0. The van der Waals surface area contributed by atoms with Gasteiger partial charge in [-0.15, -0.1) is 0 Å². The van der Waals surface area contributed by atoms with E-state index in [9.17, 15) is 0 Å². The lowest BCUT2D eigenvalue weighted by Crippen LogP contribution is -2.52. The zero-order chi connectivity index (χ0) is 11.8. The van der Waals surface area contributed by atoms with Gasteiger partial charge >= 0.3 is 0 Å². The summed E-state index contributed by atoms with van der Waals surface area (Å²) in [5, 5.41) is 3.62. The molecule has 16 heavy (non-hydrogen) atoms. The van der Waals surface area contributed by atoms with Crippen LogP contribution in [0.1, 0.15) is 52.9 Å². The summed E-state index contributed by atoms with van der Waals surface area (Å²) in [6.07, 6.45) is 7.00. The van der Waals surface area contributed by atoms with Gasteiger partial charge in [0.15, 0.2) is 0 Å². The van der Waals surface area contributed by atoms with E-state index in [2.05, 4.69) is 31.0 Å². The second kappa shape index (κ2) is 8.08. The number of piperazine rings is 1. The molecule has 2 heteroatoms. The van der Waals surface area contributed by atoms with Gasteiger partial charge in [0.25, 0.3) is 0 Å². The van der Waals surface area contributed by atoms with Crippen LogP contribution in [0.4, 0.5) is 0 Å². The fourth-order valence-electron chi connectivity index (χ4n) is 2.43. The van der Waals surface area contributed by atoms with E-state index in [1.165, 1.54) is 58.3 Å². The minimum absolute atomic E-state index is 0.712. The molecule has 0 amide bonds. The first-order valence-electron chi connectivity index (χ1n) is 7.19. The van der Waals surface area contributed by atoms with Gasteiger partial charge in [0, 0.05) is 25.7 Å². The first-order chi connectivity index (χ1) is 7.74. The van der Waals surface area contributed by atoms with Gasteiger partial charge in [0.05, 0.1) is 0 Å². The maximum atomic E-state index is 3.62. The zero-order valence-corrected chi connectivity index (χ0v) is 11.5. The molecule has 0 aromatic carbocycles. The molecule has 96 valence electrons. The topological polar surface area (TPSA) is 15.3 Å². The van der Waals surface area contributed by atoms with Crippen LogP contribution in [-0.4, -0.2) is 37.1 Å². The molecule has 1 aliphatic rings. The Kier molecular flexibility index (Phi) is 7.06. The number of nitrogens with one attached hydrogen (secondary N) is 1. The minimum Gasteiger partial charge on any atom is -0.311 e. The van der Waals surface area contributed by atoms with Crippen LogP contribution in [0.3, 0.4) is 0 Å². The molecule has 0 bridgehead atoms. The van der Waals surface area contributed by atoms with Crippen molar-refractivity contribution in [2.24, 2.45) is 5.92 Å². The molecule has 1 heterocycles. The third kappa shape index (κ3) is 5.31. The summed E-state index contributed by atoms with van der Waals surface area (Å²) in [7, 11) is 0. The predicted molar refractivity (Wildman–Crippen MR) is 71.8 cm³/mol. The van der Waals surface area contributed by atoms with Crippen molar-refractivity contribution in [3.8, 4) is 0 Å². The molecule has 0 aromatic rings. The maximum absolute atomic E-state index is 3.62. The van der Waals surface area contributed by atoms with Gasteiger partial charge in [-0.1, -0.05) is 46.5 Å². The molecule has 0 saturated carbocycles. The summed E-state index contributed by atoms with van der Waals surface area (Å²) in [5.74, 6) is 0.767. The number of hydrogen-bond acceptors (Lipinski definition) is 2. The number of nitrogens with zero attached hydrogens (tertiary/aromatic N) is 1. The lowest BCUT2D eigenvalue weighted by molar-refractivity contribution is 0.172. The second-order valence-corrected chi connectivity index (χ2v) is 5.52. The Morgan fingerprint density at radius 1 is 1.19 bits per heavy atom. The summed E-state index contributed by atoms with van der Waals surface area (Å²) < 4.78 is 0. The van der Waals surface area contributed by atoms with Crippen LogP contribution >= 0.6 is 0 Å². The number of rotatable bonds is 7. The summed E-state index contributed by atoms with van der Waals surface area (Å²) in [5.41, 5.74) is 0. The molecule has 0 aromatic heterocycles. The molecule has 2 nitrogen and oxygen atoms in total. The fraction of sp³-hybridized carbons (Fsp3) is 1.00. The normalized spacial score (nSPS) is 22.9. The van der Waals surface area contributed by atoms with Crippen LogP contribution < -0.4 is 5.32 Å². The highest BCUT2D eigenvalue weighted by Crippen LogP contribution is 2.10. The van der Waals surface area contributed by atoms with Crippen LogP contribution in [0, 0.1) is 5.92 Å². The van der Waals surface area contributed by atoms with Gasteiger partial charge < -0.3 is 10.2 Å². The van der Waals surface area contributed by atoms with Crippen molar-refractivity contribution in [2.75, 3.05) is 26.2 Å². The van der Waals surface area contributed by atoms with Crippen molar-refractivity contribution in [3.63, 3.8) is 0 Å². The molecular weight excluding hydrogens is 196 g/mol. The molecule has 1 aliphatic heterocycles. The maximum Gasteiger partial charge on any atom is 0.0218 e. The SMILES string of the molecule is CCCCCCCN1CCNC(C(C)C)C1. The van der Waals surface area contributed by atoms with Crippen molar-refractivity contribution in [1.29, 1.82) is 0 Å². The minimum atomic E-state index is 0.712. The number of unbranched alkanes of at least 4 members (excludes halogenated alkanes) is 4. The molecule has 0 spiro atoms. The van der Waals surface area contributed by atoms with Gasteiger partial charge in [0.2, 0.25) is 0 Å². The van der Waals surface area contributed by atoms with E-state index in [0.29, 0.717) is 6.04 Å². The van der Waals surface area contributed by atoms with Crippen LogP contribution in [0.25, 0.3) is 0 Å². The zero-order valence-electron chi connectivity index (χ0n) is 11.5. The average Bonchev–Trinajstić information content (AvgIpc) is 2.29. The van der Waals surface area contributed by atoms with Gasteiger partial charge in [-0.25, -0.2) is 0 Å². The van der Waals surface area contributed by atoms with Gasteiger partial charge in [0.1, 0.15) is 0 Å². The summed E-state index contributed by atoms with van der Waals surface area (Å²) in [6, 6.07) is 0.712. The van der Waals surface area contributed by atoms with E-state index in [0.717, 1.165) is 5.92 Å². The van der Waals surface area contributed by atoms with E-state index in [4.69, 9.17) is 0 Å². The van der Waals surface area contributed by atoms with Crippen LogP contribution in [0.5, 0.6) is 0 Å². The highest BCUT2D eigenvalue weighted by atomic mass is 15.2. The third-order valence-corrected chi connectivity index (χ3v) is 3.67. The van der Waals surface area contributed by atoms with Crippen LogP contribution in [-0.2, 0) is 0 Å². The largest absolute Gasteiger partial charge is 0.311 e. The fourth-order valence-corrected chi connectivity index (χ4v) is 2.43. The second-order valence-electron chi connectivity index (χ2n) is 5.52. The Balaban J connectivity index is 2.07. The molecular formula is C14H30N2. The van der Waals surface area contributed by atoms with Crippen molar-refractivity contribution in [1.82, 2.24) is 10.2 Å². The van der Waals surface area contributed by atoms with Crippen molar-refractivity contribution in [2.45, 2.75) is 58.9 Å². The first-order valence-corrected chi connectivity index (χ1v) is 7.19. The van der Waals surface area contributed by atoms with Crippen molar-refractivity contribution < 1.29 is 0 Å². The molecule has 1 unspecified atom stereocenters. The standard InChI is InChI=1S/C14H30N2/c1-4-5-6-7-8-10-16-11-9-15-14(12-16)13(2)3/h13-15H,4-12H2,1-3H3. The molecule has 1 atom stereocenters. The monoisotopic (exact) mass is 226 g/mol. The lowest BCUT2D eigenvalue weighted by Gasteiger charge is -2.35. The average molecular weight is 226 g/mol. The smallest absolute Gasteiger partial charge is 0.0218 e. The van der Waals surface area contributed by atoms with Crippen molar-refractivity contribution >= 4 is 0 Å². The van der Waals surface area contributed by atoms with E-state index in [1.807, 2.05) is 0 Å². The van der Waals surface area contributed by atoms with E-state index in [-0.39, 0.29) is 0 Å².